The number of halogens is 2. The molecule has 0 fully saturated rings. The van der Waals surface area contributed by atoms with Gasteiger partial charge in [-0.25, -0.2) is 4.79 Å². The van der Waals surface area contributed by atoms with E-state index in [4.69, 9.17) is 32.4 Å². The predicted molar refractivity (Wildman–Crippen MR) is 62.2 cm³/mol. The van der Waals surface area contributed by atoms with Crippen molar-refractivity contribution in [2.75, 3.05) is 6.61 Å². The van der Waals surface area contributed by atoms with E-state index in [-0.39, 0.29) is 0 Å². The fourth-order valence-corrected chi connectivity index (χ4v) is 1.97. The quantitative estimate of drug-likeness (QED) is 0.767. The summed E-state index contributed by atoms with van der Waals surface area (Å²) in [5.41, 5.74) is 0.773. The molecule has 0 bridgehead atoms. The predicted octanol–water partition coefficient (Wildman–Crippen LogP) is 3.92. The van der Waals surface area contributed by atoms with Crippen LogP contribution in [0.4, 0.5) is 0 Å². The van der Waals surface area contributed by atoms with E-state index in [1.54, 1.807) is 19.1 Å². The average Bonchev–Trinajstić information content (AvgIpc) is 2.61. The van der Waals surface area contributed by atoms with Gasteiger partial charge in [0.25, 0.3) is 0 Å². The number of benzene rings is 1. The Morgan fingerprint density at radius 1 is 1.44 bits per heavy atom. The number of fused-ring (bicyclic) bond motifs is 1. The zero-order valence-corrected chi connectivity index (χ0v) is 9.93. The molecule has 1 aromatic carbocycles. The molecule has 0 atom stereocenters. The third-order valence-corrected chi connectivity index (χ3v) is 2.59. The van der Waals surface area contributed by atoms with Crippen LogP contribution in [0, 0.1) is 0 Å². The van der Waals surface area contributed by atoms with E-state index in [2.05, 4.69) is 0 Å². The van der Waals surface area contributed by atoms with E-state index in [0.717, 1.165) is 0 Å². The number of rotatable bonds is 2. The summed E-state index contributed by atoms with van der Waals surface area (Å²) in [7, 11) is 0. The van der Waals surface area contributed by atoms with Crippen molar-refractivity contribution in [1.82, 2.24) is 0 Å². The van der Waals surface area contributed by atoms with Crippen LogP contribution in [-0.4, -0.2) is 12.6 Å². The van der Waals surface area contributed by atoms with Gasteiger partial charge in [0.15, 0.2) is 5.58 Å². The first-order valence-corrected chi connectivity index (χ1v) is 5.42. The second kappa shape index (κ2) is 4.36. The molecule has 84 valence electrons. The molecule has 1 heterocycles. The molecular weight excluding hydrogens is 251 g/mol. The molecule has 3 nitrogen and oxygen atoms in total. The first kappa shape index (κ1) is 11.3. The molecule has 0 N–H and O–H groups in total. The summed E-state index contributed by atoms with van der Waals surface area (Å²) in [6.07, 6.45) is 1.32. The van der Waals surface area contributed by atoms with Crippen LogP contribution in [0.5, 0.6) is 0 Å². The normalized spacial score (nSPS) is 10.7. The number of carbonyl (C=O) groups excluding carboxylic acids is 1. The molecule has 0 spiro atoms. The number of hydrogen-bond donors (Lipinski definition) is 0. The lowest BCUT2D eigenvalue weighted by molar-refractivity contribution is 0.0527. The van der Waals surface area contributed by atoms with Crippen LogP contribution < -0.4 is 0 Å². The molecule has 0 radical (unpaired) electrons. The molecule has 1 aromatic heterocycles. The second-order valence-corrected chi connectivity index (χ2v) is 3.98. The van der Waals surface area contributed by atoms with E-state index in [0.29, 0.717) is 33.2 Å². The third kappa shape index (κ3) is 1.88. The maximum absolute atomic E-state index is 11.6. The van der Waals surface area contributed by atoms with E-state index in [1.807, 2.05) is 0 Å². The van der Waals surface area contributed by atoms with Crippen molar-refractivity contribution in [2.45, 2.75) is 6.92 Å². The molecule has 0 amide bonds. The first-order valence-electron chi connectivity index (χ1n) is 4.67. The van der Waals surface area contributed by atoms with Gasteiger partial charge in [0.1, 0.15) is 11.8 Å². The standard InChI is InChI=1S/C11H8Cl2O3/c1-2-15-11(14)8-5-16-10-7(8)3-6(12)4-9(10)13/h3-5H,2H2,1H3. The van der Waals surface area contributed by atoms with Crippen molar-refractivity contribution >= 4 is 40.1 Å². The minimum Gasteiger partial charge on any atom is -0.462 e. The fraction of sp³-hybridized carbons (Fsp3) is 0.182. The van der Waals surface area contributed by atoms with Gasteiger partial charge in [0, 0.05) is 10.4 Å². The largest absolute Gasteiger partial charge is 0.462 e. The highest BCUT2D eigenvalue weighted by atomic mass is 35.5. The summed E-state index contributed by atoms with van der Waals surface area (Å²) in [4.78, 5) is 11.6. The van der Waals surface area contributed by atoms with Crippen molar-refractivity contribution in [3.8, 4) is 0 Å². The van der Waals surface area contributed by atoms with Crippen molar-refractivity contribution in [2.24, 2.45) is 0 Å². The molecule has 0 saturated carbocycles. The molecule has 2 rings (SSSR count). The molecule has 0 unspecified atom stereocenters. The van der Waals surface area contributed by atoms with E-state index in [1.165, 1.54) is 6.26 Å². The van der Waals surface area contributed by atoms with Crippen molar-refractivity contribution in [1.29, 1.82) is 0 Å². The highest BCUT2D eigenvalue weighted by Crippen LogP contribution is 2.31. The summed E-state index contributed by atoms with van der Waals surface area (Å²) in [6.45, 7) is 2.04. The third-order valence-electron chi connectivity index (χ3n) is 2.09. The molecule has 0 aliphatic heterocycles. The van der Waals surface area contributed by atoms with Gasteiger partial charge in [-0.05, 0) is 19.1 Å². The lowest BCUT2D eigenvalue weighted by Gasteiger charge is -1.99. The summed E-state index contributed by atoms with van der Waals surface area (Å²) in [5.74, 6) is -0.445. The van der Waals surface area contributed by atoms with Gasteiger partial charge in [-0.2, -0.15) is 0 Å². The Hall–Kier alpha value is -1.19. The Balaban J connectivity index is 2.60. The summed E-state index contributed by atoms with van der Waals surface area (Å²) in [6, 6.07) is 3.18. The number of ether oxygens (including phenoxy) is 1. The summed E-state index contributed by atoms with van der Waals surface area (Å²) in [5, 5.41) is 1.39. The van der Waals surface area contributed by atoms with Gasteiger partial charge in [-0.15, -0.1) is 0 Å². The lowest BCUT2D eigenvalue weighted by atomic mass is 10.2. The van der Waals surface area contributed by atoms with Gasteiger partial charge in [-0.3, -0.25) is 0 Å². The van der Waals surface area contributed by atoms with Gasteiger partial charge in [0.05, 0.1) is 11.6 Å². The SMILES string of the molecule is CCOC(=O)c1coc2c(Cl)cc(Cl)cc12. The first-order chi connectivity index (χ1) is 7.63. The van der Waals surface area contributed by atoms with Crippen LogP contribution in [-0.2, 0) is 4.74 Å². The zero-order valence-electron chi connectivity index (χ0n) is 8.42. The second-order valence-electron chi connectivity index (χ2n) is 3.13. The maximum atomic E-state index is 11.6. The van der Waals surface area contributed by atoms with E-state index < -0.39 is 5.97 Å². The van der Waals surface area contributed by atoms with Crippen molar-refractivity contribution < 1.29 is 13.9 Å². The van der Waals surface area contributed by atoms with Gasteiger partial charge in [-0.1, -0.05) is 23.2 Å². The Bertz CT molecular complexity index is 545. The zero-order chi connectivity index (χ0) is 11.7. The lowest BCUT2D eigenvalue weighted by Crippen LogP contribution is -2.03. The van der Waals surface area contributed by atoms with Crippen LogP contribution in [0.25, 0.3) is 11.0 Å². The topological polar surface area (TPSA) is 39.4 Å². The van der Waals surface area contributed by atoms with E-state index >= 15 is 0 Å². The monoisotopic (exact) mass is 258 g/mol. The summed E-state index contributed by atoms with van der Waals surface area (Å²) >= 11 is 11.8. The van der Waals surface area contributed by atoms with Gasteiger partial charge < -0.3 is 9.15 Å². The highest BCUT2D eigenvalue weighted by molar-refractivity contribution is 6.38. The summed E-state index contributed by atoms with van der Waals surface area (Å²) < 4.78 is 10.1. The maximum Gasteiger partial charge on any atom is 0.342 e. The minimum atomic E-state index is -0.445. The van der Waals surface area contributed by atoms with Crippen LogP contribution in [0.3, 0.4) is 0 Å². The van der Waals surface area contributed by atoms with Crippen LogP contribution in [0.2, 0.25) is 10.0 Å². The van der Waals surface area contributed by atoms with Crippen LogP contribution in [0.1, 0.15) is 17.3 Å². The highest BCUT2D eigenvalue weighted by Gasteiger charge is 2.17. The smallest absolute Gasteiger partial charge is 0.342 e. The molecule has 0 saturated heterocycles. The number of carbonyl (C=O) groups is 1. The number of furan rings is 1. The van der Waals surface area contributed by atoms with Crippen molar-refractivity contribution in [3.63, 3.8) is 0 Å². The Labute approximate surface area is 102 Å². The van der Waals surface area contributed by atoms with Crippen LogP contribution in [0.15, 0.2) is 22.8 Å². The molecule has 5 heteroatoms. The van der Waals surface area contributed by atoms with Gasteiger partial charge >= 0.3 is 5.97 Å². The fourth-order valence-electron chi connectivity index (χ4n) is 1.43. The number of esters is 1. The molecule has 16 heavy (non-hydrogen) atoms. The molecular formula is C11H8Cl2O3. The molecule has 0 aliphatic rings. The van der Waals surface area contributed by atoms with Crippen LogP contribution >= 0.6 is 23.2 Å². The Kier molecular flexibility index (Phi) is 3.08. The molecule has 0 aliphatic carbocycles. The Morgan fingerprint density at radius 3 is 2.88 bits per heavy atom. The van der Waals surface area contributed by atoms with Gasteiger partial charge in [0.2, 0.25) is 0 Å². The minimum absolute atomic E-state index is 0.305. The molecule has 2 aromatic rings. The number of hydrogen-bond acceptors (Lipinski definition) is 3. The average molecular weight is 259 g/mol. The Morgan fingerprint density at radius 2 is 2.19 bits per heavy atom. The van der Waals surface area contributed by atoms with Crippen molar-refractivity contribution in [3.05, 3.63) is 34.0 Å². The van der Waals surface area contributed by atoms with E-state index in [9.17, 15) is 4.79 Å².